The molecule has 1 fully saturated rings. The molecule has 4 heteroatoms. The summed E-state index contributed by atoms with van der Waals surface area (Å²) in [6.45, 7) is 4.03. The number of piperazine rings is 1. The molecule has 0 radical (unpaired) electrons. The lowest BCUT2D eigenvalue weighted by molar-refractivity contribution is 0.0697. The van der Waals surface area contributed by atoms with Crippen LogP contribution in [0.5, 0.6) is 0 Å². The predicted molar refractivity (Wildman–Crippen MR) is 80.6 cm³/mol. The Balaban J connectivity index is 2.05. The highest BCUT2D eigenvalue weighted by atomic mass is 16.4. The van der Waals surface area contributed by atoms with Crippen LogP contribution in [0.2, 0.25) is 0 Å². The number of hydrogen-bond acceptors (Lipinski definition) is 3. The van der Waals surface area contributed by atoms with Gasteiger partial charge in [0, 0.05) is 37.3 Å². The lowest BCUT2D eigenvalue weighted by Gasteiger charge is -2.34. The van der Waals surface area contributed by atoms with Crippen LogP contribution in [0.15, 0.2) is 36.4 Å². The molecule has 2 aromatic carbocycles. The SMILES string of the molecule is CN1CCN(c2cccc3ccc(C(=O)O)cc23)CC1. The fourth-order valence-corrected chi connectivity index (χ4v) is 2.71. The van der Waals surface area contributed by atoms with E-state index < -0.39 is 5.97 Å². The van der Waals surface area contributed by atoms with Crippen molar-refractivity contribution in [3.05, 3.63) is 42.0 Å². The molecule has 0 bridgehead atoms. The fraction of sp³-hybridized carbons (Fsp3) is 0.312. The number of carboxylic acids is 1. The van der Waals surface area contributed by atoms with Crippen molar-refractivity contribution >= 4 is 22.4 Å². The van der Waals surface area contributed by atoms with Crippen LogP contribution in [-0.2, 0) is 0 Å². The number of aromatic carboxylic acids is 1. The van der Waals surface area contributed by atoms with Gasteiger partial charge < -0.3 is 14.9 Å². The molecule has 0 amide bonds. The molecule has 0 saturated carbocycles. The minimum absolute atomic E-state index is 0.346. The van der Waals surface area contributed by atoms with Crippen LogP contribution in [0.4, 0.5) is 5.69 Å². The Morgan fingerprint density at radius 3 is 2.55 bits per heavy atom. The van der Waals surface area contributed by atoms with Crippen molar-refractivity contribution in [3.8, 4) is 0 Å². The van der Waals surface area contributed by atoms with Crippen LogP contribution >= 0.6 is 0 Å². The van der Waals surface area contributed by atoms with E-state index in [2.05, 4.69) is 22.9 Å². The summed E-state index contributed by atoms with van der Waals surface area (Å²) in [5, 5.41) is 11.3. The molecule has 4 nitrogen and oxygen atoms in total. The van der Waals surface area contributed by atoms with E-state index in [9.17, 15) is 4.79 Å². The van der Waals surface area contributed by atoms with Crippen molar-refractivity contribution < 1.29 is 9.90 Å². The van der Waals surface area contributed by atoms with Crippen LogP contribution < -0.4 is 4.90 Å². The van der Waals surface area contributed by atoms with Crippen LogP contribution in [-0.4, -0.2) is 49.2 Å². The molecule has 0 aromatic heterocycles. The summed E-state index contributed by atoms with van der Waals surface area (Å²) in [6.07, 6.45) is 0. The number of carbonyl (C=O) groups is 1. The van der Waals surface area contributed by atoms with Gasteiger partial charge in [0.15, 0.2) is 0 Å². The Labute approximate surface area is 118 Å². The number of anilines is 1. The first-order valence-electron chi connectivity index (χ1n) is 6.85. The number of nitrogens with zero attached hydrogens (tertiary/aromatic N) is 2. The van der Waals surface area contributed by atoms with E-state index in [1.807, 2.05) is 18.2 Å². The predicted octanol–water partition coefficient (Wildman–Crippen LogP) is 2.29. The first kappa shape index (κ1) is 12.9. The van der Waals surface area contributed by atoms with Gasteiger partial charge in [0.25, 0.3) is 0 Å². The number of fused-ring (bicyclic) bond motifs is 1. The van der Waals surface area contributed by atoms with E-state index in [1.54, 1.807) is 12.1 Å². The molecule has 1 heterocycles. The Morgan fingerprint density at radius 2 is 1.85 bits per heavy atom. The van der Waals surface area contributed by atoms with E-state index in [4.69, 9.17) is 5.11 Å². The second kappa shape index (κ2) is 5.13. The van der Waals surface area contributed by atoms with Gasteiger partial charge in [-0.3, -0.25) is 0 Å². The van der Waals surface area contributed by atoms with Gasteiger partial charge in [0.1, 0.15) is 0 Å². The summed E-state index contributed by atoms with van der Waals surface area (Å²) in [4.78, 5) is 15.8. The van der Waals surface area contributed by atoms with Gasteiger partial charge in [-0.1, -0.05) is 18.2 Å². The molecule has 0 spiro atoms. The average molecular weight is 270 g/mol. The molecule has 104 valence electrons. The van der Waals surface area contributed by atoms with Crippen molar-refractivity contribution in [1.82, 2.24) is 4.90 Å². The van der Waals surface area contributed by atoms with Crippen LogP contribution in [0.1, 0.15) is 10.4 Å². The third-order valence-corrected chi connectivity index (χ3v) is 3.95. The summed E-state index contributed by atoms with van der Waals surface area (Å²) in [7, 11) is 2.13. The molecular formula is C16H18N2O2. The first-order chi connectivity index (χ1) is 9.65. The maximum atomic E-state index is 11.2. The number of benzene rings is 2. The van der Waals surface area contributed by atoms with E-state index in [-0.39, 0.29) is 0 Å². The molecule has 3 rings (SSSR count). The Bertz CT molecular complexity index is 646. The normalized spacial score (nSPS) is 16.6. The number of carboxylic acid groups (broad SMARTS) is 1. The summed E-state index contributed by atoms with van der Waals surface area (Å²) in [5.74, 6) is -0.875. The average Bonchev–Trinajstić information content (AvgIpc) is 2.47. The highest BCUT2D eigenvalue weighted by Gasteiger charge is 2.16. The third-order valence-electron chi connectivity index (χ3n) is 3.95. The minimum atomic E-state index is -0.875. The molecule has 0 aliphatic carbocycles. The molecule has 0 unspecified atom stereocenters. The second-order valence-corrected chi connectivity index (χ2v) is 5.31. The first-order valence-corrected chi connectivity index (χ1v) is 6.85. The topological polar surface area (TPSA) is 43.8 Å². The van der Waals surface area contributed by atoms with Crippen molar-refractivity contribution in [3.63, 3.8) is 0 Å². The maximum Gasteiger partial charge on any atom is 0.335 e. The summed E-state index contributed by atoms with van der Waals surface area (Å²) >= 11 is 0. The zero-order valence-corrected chi connectivity index (χ0v) is 11.5. The maximum absolute atomic E-state index is 11.2. The second-order valence-electron chi connectivity index (χ2n) is 5.31. The van der Waals surface area contributed by atoms with E-state index in [0.717, 1.165) is 42.6 Å². The van der Waals surface area contributed by atoms with E-state index in [0.29, 0.717) is 5.56 Å². The van der Waals surface area contributed by atoms with Crippen LogP contribution in [0.25, 0.3) is 10.8 Å². The molecular weight excluding hydrogens is 252 g/mol. The van der Waals surface area contributed by atoms with Crippen molar-refractivity contribution in [2.45, 2.75) is 0 Å². The lowest BCUT2D eigenvalue weighted by Crippen LogP contribution is -2.44. The molecule has 1 saturated heterocycles. The largest absolute Gasteiger partial charge is 0.478 e. The Hall–Kier alpha value is -2.07. The third kappa shape index (κ3) is 2.34. The van der Waals surface area contributed by atoms with Gasteiger partial charge in [0.2, 0.25) is 0 Å². The van der Waals surface area contributed by atoms with Crippen molar-refractivity contribution in [2.75, 3.05) is 38.1 Å². The smallest absolute Gasteiger partial charge is 0.335 e. The molecule has 1 aliphatic rings. The molecule has 1 aliphatic heterocycles. The summed E-state index contributed by atoms with van der Waals surface area (Å²) in [5.41, 5.74) is 1.48. The fourth-order valence-electron chi connectivity index (χ4n) is 2.71. The molecule has 2 aromatic rings. The van der Waals surface area contributed by atoms with Gasteiger partial charge in [-0.05, 0) is 30.6 Å². The van der Waals surface area contributed by atoms with Crippen molar-refractivity contribution in [1.29, 1.82) is 0 Å². The highest BCUT2D eigenvalue weighted by Crippen LogP contribution is 2.28. The zero-order chi connectivity index (χ0) is 14.1. The summed E-state index contributed by atoms with van der Waals surface area (Å²) < 4.78 is 0. The minimum Gasteiger partial charge on any atom is -0.478 e. The van der Waals surface area contributed by atoms with Gasteiger partial charge >= 0.3 is 5.97 Å². The lowest BCUT2D eigenvalue weighted by atomic mass is 10.0. The summed E-state index contributed by atoms with van der Waals surface area (Å²) in [6, 6.07) is 11.5. The van der Waals surface area contributed by atoms with Gasteiger partial charge in [-0.15, -0.1) is 0 Å². The Kier molecular flexibility index (Phi) is 3.32. The van der Waals surface area contributed by atoms with Crippen LogP contribution in [0.3, 0.4) is 0 Å². The molecule has 0 atom stereocenters. The highest BCUT2D eigenvalue weighted by molar-refractivity contribution is 6.00. The number of likely N-dealkylation sites (N-methyl/N-ethyl adjacent to an activating group) is 1. The van der Waals surface area contributed by atoms with E-state index in [1.165, 1.54) is 0 Å². The Morgan fingerprint density at radius 1 is 1.10 bits per heavy atom. The molecule has 1 N–H and O–H groups in total. The van der Waals surface area contributed by atoms with Crippen molar-refractivity contribution in [2.24, 2.45) is 0 Å². The monoisotopic (exact) mass is 270 g/mol. The van der Waals surface area contributed by atoms with Gasteiger partial charge in [-0.25, -0.2) is 4.79 Å². The van der Waals surface area contributed by atoms with Crippen LogP contribution in [0, 0.1) is 0 Å². The van der Waals surface area contributed by atoms with E-state index >= 15 is 0 Å². The molecule has 20 heavy (non-hydrogen) atoms. The standard InChI is InChI=1S/C16H18N2O2/c1-17-7-9-18(10-8-17)15-4-2-3-12-5-6-13(16(19)20)11-14(12)15/h2-6,11H,7-10H2,1H3,(H,19,20). The quantitative estimate of drug-likeness (QED) is 0.909. The van der Waals surface area contributed by atoms with Gasteiger partial charge in [0.05, 0.1) is 5.56 Å². The number of rotatable bonds is 2. The van der Waals surface area contributed by atoms with Gasteiger partial charge in [-0.2, -0.15) is 0 Å². The zero-order valence-electron chi connectivity index (χ0n) is 11.5. The number of hydrogen-bond donors (Lipinski definition) is 1.